The predicted molar refractivity (Wildman–Crippen MR) is 107 cm³/mol. The van der Waals surface area contributed by atoms with E-state index < -0.39 is 0 Å². The minimum Gasteiger partial charge on any atom is -0.207 e. The predicted octanol–water partition coefficient (Wildman–Crippen LogP) is 6.99. The van der Waals surface area contributed by atoms with Crippen LogP contribution in [-0.2, 0) is 0 Å². The fraction of sp³-hybridized carbons (Fsp3) is 0.120. The lowest BCUT2D eigenvalue weighted by Crippen LogP contribution is -2.00. The van der Waals surface area contributed by atoms with Gasteiger partial charge < -0.3 is 0 Å². The van der Waals surface area contributed by atoms with Crippen LogP contribution in [0.1, 0.15) is 42.0 Å². The monoisotopic (exact) mass is 358 g/mol. The number of benzene rings is 3. The fourth-order valence-corrected chi connectivity index (χ4v) is 3.90. The summed E-state index contributed by atoms with van der Waals surface area (Å²) in [6.07, 6.45) is 2.17. The molecular weight excluding hydrogens is 338 g/mol. The first-order valence-electron chi connectivity index (χ1n) is 9.05. The van der Waals surface area contributed by atoms with E-state index in [1.54, 1.807) is 18.2 Å². The molecule has 0 bridgehead atoms. The summed E-state index contributed by atoms with van der Waals surface area (Å²) in [6.45, 7) is 4.18. The van der Waals surface area contributed by atoms with E-state index in [0.717, 1.165) is 27.8 Å². The Morgan fingerprint density at radius 3 is 2.11 bits per heavy atom. The summed E-state index contributed by atoms with van der Waals surface area (Å²) < 4.78 is 27.5. The van der Waals surface area contributed by atoms with E-state index in [1.807, 2.05) is 24.3 Å². The number of allylic oxidation sites excluding steroid dienone is 3. The van der Waals surface area contributed by atoms with Crippen LogP contribution < -0.4 is 0 Å². The first-order valence-corrected chi connectivity index (χ1v) is 9.05. The molecule has 4 rings (SSSR count). The molecule has 0 amide bonds. The van der Waals surface area contributed by atoms with E-state index in [2.05, 4.69) is 32.1 Å². The largest absolute Gasteiger partial charge is 0.207 e. The number of fused-ring (bicyclic) bond motifs is 1. The highest BCUT2D eigenvalue weighted by Crippen LogP contribution is 2.47. The quantitative estimate of drug-likeness (QED) is 0.473. The molecule has 1 aliphatic carbocycles. The summed E-state index contributed by atoms with van der Waals surface area (Å²) in [5.41, 5.74) is 7.42. The molecule has 2 heteroatoms. The maximum atomic E-state index is 14.1. The molecule has 3 aromatic carbocycles. The first-order chi connectivity index (χ1) is 13.0. The van der Waals surface area contributed by atoms with Gasteiger partial charge >= 0.3 is 0 Å². The fourth-order valence-electron chi connectivity index (χ4n) is 3.90. The van der Waals surface area contributed by atoms with Crippen molar-refractivity contribution in [3.05, 3.63) is 118 Å². The summed E-state index contributed by atoms with van der Waals surface area (Å²) in [6, 6.07) is 21.6. The second-order valence-corrected chi connectivity index (χ2v) is 7.08. The molecule has 0 saturated heterocycles. The zero-order valence-electron chi connectivity index (χ0n) is 15.3. The molecule has 1 unspecified atom stereocenters. The van der Waals surface area contributed by atoms with Crippen LogP contribution in [0.3, 0.4) is 0 Å². The van der Waals surface area contributed by atoms with Crippen LogP contribution >= 0.6 is 0 Å². The van der Waals surface area contributed by atoms with Crippen LogP contribution in [0.5, 0.6) is 0 Å². The summed E-state index contributed by atoms with van der Waals surface area (Å²) in [5.74, 6) is -0.542. The van der Waals surface area contributed by atoms with Crippen molar-refractivity contribution >= 4 is 11.1 Å². The smallest absolute Gasteiger partial charge is 0.123 e. The molecule has 27 heavy (non-hydrogen) atoms. The first kappa shape index (κ1) is 17.4. The van der Waals surface area contributed by atoms with Gasteiger partial charge in [-0.05, 0) is 71.5 Å². The van der Waals surface area contributed by atoms with E-state index in [0.29, 0.717) is 0 Å². The van der Waals surface area contributed by atoms with Gasteiger partial charge in [-0.3, -0.25) is 0 Å². The van der Waals surface area contributed by atoms with Crippen molar-refractivity contribution in [3.8, 4) is 0 Å². The highest BCUT2D eigenvalue weighted by molar-refractivity contribution is 5.91. The van der Waals surface area contributed by atoms with Crippen LogP contribution in [0.4, 0.5) is 8.78 Å². The Kier molecular flexibility index (Phi) is 4.49. The van der Waals surface area contributed by atoms with Crippen LogP contribution in [0.2, 0.25) is 0 Å². The molecule has 0 saturated carbocycles. The summed E-state index contributed by atoms with van der Waals surface area (Å²) in [4.78, 5) is 0. The zero-order valence-corrected chi connectivity index (χ0v) is 15.3. The van der Waals surface area contributed by atoms with Gasteiger partial charge in [-0.15, -0.1) is 0 Å². The van der Waals surface area contributed by atoms with Gasteiger partial charge in [-0.25, -0.2) is 8.78 Å². The van der Waals surface area contributed by atoms with Gasteiger partial charge in [-0.2, -0.15) is 0 Å². The number of hydrogen-bond donors (Lipinski definition) is 0. The number of rotatable bonds is 3. The second kappa shape index (κ2) is 6.96. The van der Waals surface area contributed by atoms with Gasteiger partial charge in [0, 0.05) is 5.92 Å². The molecule has 0 spiro atoms. The molecule has 0 nitrogen and oxygen atoms in total. The Labute approximate surface area is 158 Å². The molecule has 0 aromatic heterocycles. The molecule has 0 aliphatic heterocycles. The molecule has 0 radical (unpaired) electrons. The van der Waals surface area contributed by atoms with Crippen LogP contribution in [0.15, 0.2) is 84.4 Å². The highest BCUT2D eigenvalue weighted by Gasteiger charge is 2.28. The van der Waals surface area contributed by atoms with Gasteiger partial charge in [0.2, 0.25) is 0 Å². The van der Waals surface area contributed by atoms with Crippen LogP contribution in [0, 0.1) is 11.6 Å². The lowest BCUT2D eigenvalue weighted by molar-refractivity contribution is 0.625. The van der Waals surface area contributed by atoms with Gasteiger partial charge in [0.25, 0.3) is 0 Å². The standard InChI is InChI=1S/C25H20F2/c1-16(2)25(18-6-4-3-5-7-18)24-15-22(17-8-10-19(26)11-9-17)21-13-12-20(27)14-23(21)24/h3-15,24H,1-2H3. The Bertz CT molecular complexity index is 1040. The minimum atomic E-state index is -0.262. The third-order valence-corrected chi connectivity index (χ3v) is 5.06. The van der Waals surface area contributed by atoms with Gasteiger partial charge in [0.05, 0.1) is 0 Å². The summed E-state index contributed by atoms with van der Waals surface area (Å²) in [7, 11) is 0. The Morgan fingerprint density at radius 2 is 1.44 bits per heavy atom. The zero-order chi connectivity index (χ0) is 19.0. The second-order valence-electron chi connectivity index (χ2n) is 7.08. The van der Waals surface area contributed by atoms with Gasteiger partial charge in [-0.1, -0.05) is 60.2 Å². The Morgan fingerprint density at radius 1 is 0.778 bits per heavy atom. The Hall–Kier alpha value is -3.00. The molecular formula is C25H20F2. The van der Waals surface area contributed by atoms with Crippen molar-refractivity contribution < 1.29 is 8.78 Å². The molecule has 0 N–H and O–H groups in total. The number of hydrogen-bond acceptors (Lipinski definition) is 0. The molecule has 3 aromatic rings. The van der Waals surface area contributed by atoms with Gasteiger partial charge in [0.15, 0.2) is 0 Å². The molecule has 0 heterocycles. The average Bonchev–Trinajstić information content (AvgIpc) is 3.01. The lowest BCUT2D eigenvalue weighted by atomic mass is 9.85. The number of halogens is 2. The van der Waals surface area contributed by atoms with E-state index >= 15 is 0 Å². The maximum absolute atomic E-state index is 14.1. The third-order valence-electron chi connectivity index (χ3n) is 5.06. The highest BCUT2D eigenvalue weighted by atomic mass is 19.1. The van der Waals surface area contributed by atoms with Crippen molar-refractivity contribution in [1.82, 2.24) is 0 Å². The average molecular weight is 358 g/mol. The van der Waals surface area contributed by atoms with E-state index in [-0.39, 0.29) is 17.6 Å². The van der Waals surface area contributed by atoms with Crippen LogP contribution in [-0.4, -0.2) is 0 Å². The van der Waals surface area contributed by atoms with Crippen molar-refractivity contribution in [2.24, 2.45) is 0 Å². The van der Waals surface area contributed by atoms with Crippen molar-refractivity contribution in [2.75, 3.05) is 0 Å². The summed E-state index contributed by atoms with van der Waals surface area (Å²) >= 11 is 0. The van der Waals surface area contributed by atoms with E-state index in [1.165, 1.54) is 29.3 Å². The van der Waals surface area contributed by atoms with Crippen molar-refractivity contribution in [3.63, 3.8) is 0 Å². The van der Waals surface area contributed by atoms with Crippen LogP contribution in [0.25, 0.3) is 11.1 Å². The van der Waals surface area contributed by atoms with E-state index in [4.69, 9.17) is 0 Å². The molecule has 1 atom stereocenters. The third kappa shape index (κ3) is 3.23. The van der Waals surface area contributed by atoms with Gasteiger partial charge in [0.1, 0.15) is 11.6 Å². The van der Waals surface area contributed by atoms with E-state index in [9.17, 15) is 8.78 Å². The topological polar surface area (TPSA) is 0 Å². The molecule has 134 valence electrons. The SMILES string of the molecule is CC(C)=C(c1ccccc1)C1C=C(c2ccc(F)cc2)c2ccc(F)cc21. The Balaban J connectivity index is 1.91. The lowest BCUT2D eigenvalue weighted by Gasteiger charge is -2.18. The van der Waals surface area contributed by atoms with Crippen molar-refractivity contribution in [1.29, 1.82) is 0 Å². The molecule has 1 aliphatic rings. The normalized spacial score (nSPS) is 15.3. The molecule has 0 fully saturated rings. The minimum absolute atomic E-state index is 0.0387. The van der Waals surface area contributed by atoms with Crippen molar-refractivity contribution in [2.45, 2.75) is 19.8 Å². The maximum Gasteiger partial charge on any atom is 0.123 e. The summed E-state index contributed by atoms with van der Waals surface area (Å²) in [5, 5.41) is 0.